The van der Waals surface area contributed by atoms with Crippen LogP contribution in [0.1, 0.15) is 5.56 Å². The summed E-state index contributed by atoms with van der Waals surface area (Å²) in [5.41, 5.74) is 2.49. The van der Waals surface area contributed by atoms with Crippen molar-refractivity contribution in [3.05, 3.63) is 54.1 Å². The Morgan fingerprint density at radius 1 is 0.824 bits per heavy atom. The molecule has 0 radical (unpaired) electrons. The largest absolute Gasteiger partial charge is 0.388 e. The van der Waals surface area contributed by atoms with Gasteiger partial charge < -0.3 is 5.32 Å². The van der Waals surface area contributed by atoms with Crippen LogP contribution < -0.4 is 5.32 Å². The maximum Gasteiger partial charge on any atom is 0.0343 e. The minimum atomic E-state index is 1.16. The highest BCUT2D eigenvalue weighted by Crippen LogP contribution is 2.26. The van der Waals surface area contributed by atoms with E-state index in [9.17, 15) is 0 Å². The Morgan fingerprint density at radius 2 is 1.71 bits per heavy atom. The summed E-state index contributed by atoms with van der Waals surface area (Å²) in [5, 5.41) is 8.42. The molecule has 0 aliphatic rings. The third kappa shape index (κ3) is 1.64. The molecular weight excluding hydrogens is 206 g/mol. The van der Waals surface area contributed by atoms with Gasteiger partial charge in [-0.15, -0.1) is 0 Å². The Hall–Kier alpha value is -2.02. The summed E-state index contributed by atoms with van der Waals surface area (Å²) in [6.07, 6.45) is 0. The lowest BCUT2D eigenvalue weighted by atomic mass is 10.00. The van der Waals surface area contributed by atoms with Crippen LogP contribution in [0.25, 0.3) is 21.5 Å². The summed E-state index contributed by atoms with van der Waals surface area (Å²) in [4.78, 5) is 0. The molecule has 1 N–H and O–H groups in total. The minimum absolute atomic E-state index is 1.16. The number of benzene rings is 3. The van der Waals surface area contributed by atoms with Crippen molar-refractivity contribution in [1.29, 1.82) is 0 Å². The van der Waals surface area contributed by atoms with Crippen molar-refractivity contribution in [3.8, 4) is 0 Å². The molecular formula is C16H15N. The molecule has 1 nitrogen and oxygen atoms in total. The lowest BCUT2D eigenvalue weighted by molar-refractivity contribution is 1.52. The van der Waals surface area contributed by atoms with Gasteiger partial charge in [-0.05, 0) is 58.3 Å². The van der Waals surface area contributed by atoms with E-state index in [0.717, 1.165) is 5.69 Å². The Labute approximate surface area is 101 Å². The Balaban J connectivity index is 2.40. The molecule has 0 amide bonds. The second-order valence-electron chi connectivity index (χ2n) is 4.46. The molecule has 0 bridgehead atoms. The van der Waals surface area contributed by atoms with Gasteiger partial charge in [0, 0.05) is 12.7 Å². The van der Waals surface area contributed by atoms with Crippen molar-refractivity contribution in [2.75, 3.05) is 12.4 Å². The molecule has 0 aromatic heterocycles. The summed E-state index contributed by atoms with van der Waals surface area (Å²) in [6.45, 7) is 2.16. The Bertz CT molecular complexity index is 698. The summed E-state index contributed by atoms with van der Waals surface area (Å²) < 4.78 is 0. The van der Waals surface area contributed by atoms with E-state index in [1.165, 1.54) is 27.1 Å². The average molecular weight is 221 g/mol. The molecule has 0 saturated heterocycles. The van der Waals surface area contributed by atoms with Crippen molar-refractivity contribution in [2.45, 2.75) is 6.92 Å². The number of anilines is 1. The first-order valence-corrected chi connectivity index (χ1v) is 5.89. The lowest BCUT2D eigenvalue weighted by Crippen LogP contribution is -1.87. The summed E-state index contributed by atoms with van der Waals surface area (Å²) in [7, 11) is 1.95. The molecule has 3 aromatic rings. The lowest BCUT2D eigenvalue weighted by Gasteiger charge is -2.07. The number of hydrogen-bond donors (Lipinski definition) is 1. The van der Waals surface area contributed by atoms with Crippen LogP contribution >= 0.6 is 0 Å². The van der Waals surface area contributed by atoms with E-state index >= 15 is 0 Å². The topological polar surface area (TPSA) is 12.0 Å². The number of nitrogens with one attached hydrogen (secondary N) is 1. The van der Waals surface area contributed by atoms with Crippen LogP contribution in [-0.2, 0) is 0 Å². The van der Waals surface area contributed by atoms with E-state index in [0.29, 0.717) is 0 Å². The Kier molecular flexibility index (Phi) is 2.25. The molecule has 0 spiro atoms. The highest BCUT2D eigenvalue weighted by atomic mass is 14.8. The monoisotopic (exact) mass is 221 g/mol. The third-order valence-corrected chi connectivity index (χ3v) is 3.34. The van der Waals surface area contributed by atoms with Crippen LogP contribution in [0.4, 0.5) is 5.69 Å². The number of rotatable bonds is 1. The van der Waals surface area contributed by atoms with Gasteiger partial charge in [-0.25, -0.2) is 0 Å². The molecule has 0 heterocycles. The second-order valence-corrected chi connectivity index (χ2v) is 4.46. The highest BCUT2D eigenvalue weighted by molar-refractivity contribution is 6.00. The predicted octanol–water partition coefficient (Wildman–Crippen LogP) is 4.34. The number of fused-ring (bicyclic) bond motifs is 2. The maximum atomic E-state index is 3.18. The molecule has 1 heteroatoms. The van der Waals surface area contributed by atoms with Gasteiger partial charge in [0.1, 0.15) is 0 Å². The summed E-state index contributed by atoms with van der Waals surface area (Å²) in [5.74, 6) is 0. The van der Waals surface area contributed by atoms with E-state index in [2.05, 4.69) is 60.8 Å². The zero-order valence-electron chi connectivity index (χ0n) is 10.1. The number of aryl methyl sites for hydroxylation is 1. The number of hydrogen-bond acceptors (Lipinski definition) is 1. The first kappa shape index (κ1) is 10.2. The zero-order valence-corrected chi connectivity index (χ0v) is 10.1. The molecule has 0 unspecified atom stereocenters. The predicted molar refractivity (Wildman–Crippen MR) is 75.7 cm³/mol. The van der Waals surface area contributed by atoms with Crippen LogP contribution in [0.3, 0.4) is 0 Å². The quantitative estimate of drug-likeness (QED) is 0.603. The summed E-state index contributed by atoms with van der Waals surface area (Å²) >= 11 is 0. The molecule has 0 saturated carbocycles. The van der Waals surface area contributed by atoms with Crippen LogP contribution in [0.15, 0.2) is 48.5 Å². The SMILES string of the molecule is CNc1ccc2cc3cccc(C)c3cc2c1. The van der Waals surface area contributed by atoms with Crippen molar-refractivity contribution in [3.63, 3.8) is 0 Å². The van der Waals surface area contributed by atoms with Gasteiger partial charge in [-0.2, -0.15) is 0 Å². The second kappa shape index (κ2) is 3.77. The first-order chi connectivity index (χ1) is 8.28. The van der Waals surface area contributed by atoms with E-state index in [1.54, 1.807) is 0 Å². The van der Waals surface area contributed by atoms with Gasteiger partial charge in [0.05, 0.1) is 0 Å². The van der Waals surface area contributed by atoms with Crippen molar-refractivity contribution >= 4 is 27.2 Å². The van der Waals surface area contributed by atoms with Crippen LogP contribution in [0, 0.1) is 6.92 Å². The van der Waals surface area contributed by atoms with Gasteiger partial charge in [-0.1, -0.05) is 24.3 Å². The molecule has 17 heavy (non-hydrogen) atoms. The van der Waals surface area contributed by atoms with Crippen molar-refractivity contribution < 1.29 is 0 Å². The zero-order chi connectivity index (χ0) is 11.8. The van der Waals surface area contributed by atoms with Crippen LogP contribution in [0.2, 0.25) is 0 Å². The van der Waals surface area contributed by atoms with E-state index in [4.69, 9.17) is 0 Å². The third-order valence-electron chi connectivity index (χ3n) is 3.34. The molecule has 0 aliphatic heterocycles. The van der Waals surface area contributed by atoms with Gasteiger partial charge in [0.15, 0.2) is 0 Å². The van der Waals surface area contributed by atoms with E-state index in [1.807, 2.05) is 7.05 Å². The summed E-state index contributed by atoms with van der Waals surface area (Å²) in [6, 6.07) is 17.5. The van der Waals surface area contributed by atoms with Gasteiger partial charge >= 0.3 is 0 Å². The maximum absolute atomic E-state index is 3.18. The standard InChI is InChI=1S/C16H15N/c1-11-4-3-5-13-8-12-6-7-15(17-2)9-14(12)10-16(11)13/h3-10,17H,1-2H3. The molecule has 0 atom stereocenters. The van der Waals surface area contributed by atoms with E-state index in [-0.39, 0.29) is 0 Å². The molecule has 0 aliphatic carbocycles. The molecule has 3 aromatic carbocycles. The van der Waals surface area contributed by atoms with Gasteiger partial charge in [0.2, 0.25) is 0 Å². The normalized spacial score (nSPS) is 10.9. The van der Waals surface area contributed by atoms with Gasteiger partial charge in [0.25, 0.3) is 0 Å². The van der Waals surface area contributed by atoms with Crippen molar-refractivity contribution in [1.82, 2.24) is 0 Å². The van der Waals surface area contributed by atoms with Crippen LogP contribution in [0.5, 0.6) is 0 Å². The fourth-order valence-electron chi connectivity index (χ4n) is 2.34. The fourth-order valence-corrected chi connectivity index (χ4v) is 2.34. The van der Waals surface area contributed by atoms with Crippen LogP contribution in [-0.4, -0.2) is 7.05 Å². The van der Waals surface area contributed by atoms with E-state index < -0.39 is 0 Å². The molecule has 3 rings (SSSR count). The Morgan fingerprint density at radius 3 is 2.53 bits per heavy atom. The highest BCUT2D eigenvalue weighted by Gasteiger charge is 2.00. The average Bonchev–Trinajstić information content (AvgIpc) is 2.37. The fraction of sp³-hybridized carbons (Fsp3) is 0.125. The minimum Gasteiger partial charge on any atom is -0.388 e. The van der Waals surface area contributed by atoms with Gasteiger partial charge in [-0.3, -0.25) is 0 Å². The molecule has 84 valence electrons. The smallest absolute Gasteiger partial charge is 0.0343 e. The molecule has 0 fully saturated rings. The van der Waals surface area contributed by atoms with Crippen molar-refractivity contribution in [2.24, 2.45) is 0 Å². The first-order valence-electron chi connectivity index (χ1n) is 5.89.